The number of furan rings is 1. The molecule has 0 aliphatic heterocycles. The van der Waals surface area contributed by atoms with Gasteiger partial charge >= 0.3 is 0 Å². The molecule has 0 atom stereocenters. The van der Waals surface area contributed by atoms with Crippen molar-refractivity contribution in [3.05, 3.63) is 70.8 Å². The van der Waals surface area contributed by atoms with Crippen LogP contribution in [0.1, 0.15) is 15.4 Å². The standard InChI is InChI=1S/C17H14N2O3S/c20-16(11-14-6-3-9-23-14)18-12-4-1-5-13(10-12)19-17(21)15-7-2-8-22-15/h1-10H,11H2,(H,18,20)(H,19,21). The van der Waals surface area contributed by atoms with E-state index in [-0.39, 0.29) is 17.6 Å². The fourth-order valence-corrected chi connectivity index (χ4v) is 2.76. The van der Waals surface area contributed by atoms with Crippen LogP contribution in [0, 0.1) is 0 Å². The first-order valence-electron chi connectivity index (χ1n) is 6.98. The van der Waals surface area contributed by atoms with Crippen LogP contribution < -0.4 is 10.6 Å². The molecule has 0 saturated heterocycles. The third-order valence-electron chi connectivity index (χ3n) is 3.06. The minimum absolute atomic E-state index is 0.0954. The van der Waals surface area contributed by atoms with Crippen LogP contribution in [-0.2, 0) is 11.2 Å². The van der Waals surface area contributed by atoms with Gasteiger partial charge in [-0.25, -0.2) is 0 Å². The highest BCUT2D eigenvalue weighted by atomic mass is 32.1. The van der Waals surface area contributed by atoms with Crippen molar-refractivity contribution in [2.75, 3.05) is 10.6 Å². The second-order valence-corrected chi connectivity index (χ2v) is 5.85. The van der Waals surface area contributed by atoms with Gasteiger partial charge in [0.1, 0.15) is 0 Å². The molecule has 1 aromatic carbocycles. The van der Waals surface area contributed by atoms with Gasteiger partial charge < -0.3 is 15.1 Å². The predicted octanol–water partition coefficient (Wildman–Crippen LogP) is 3.77. The molecule has 0 aliphatic carbocycles. The van der Waals surface area contributed by atoms with Gasteiger partial charge in [-0.3, -0.25) is 9.59 Å². The molecule has 0 fully saturated rings. The van der Waals surface area contributed by atoms with Crippen molar-refractivity contribution in [3.63, 3.8) is 0 Å². The highest BCUT2D eigenvalue weighted by Crippen LogP contribution is 2.17. The minimum atomic E-state index is -0.336. The zero-order valence-corrected chi connectivity index (χ0v) is 12.9. The minimum Gasteiger partial charge on any atom is -0.459 e. The Bertz CT molecular complexity index is 795. The van der Waals surface area contributed by atoms with E-state index < -0.39 is 0 Å². The lowest BCUT2D eigenvalue weighted by Crippen LogP contribution is -2.14. The third kappa shape index (κ3) is 4.08. The SMILES string of the molecule is O=C(Cc1cccs1)Nc1cccc(NC(=O)c2ccco2)c1. The second-order valence-electron chi connectivity index (χ2n) is 4.82. The van der Waals surface area contributed by atoms with Crippen molar-refractivity contribution in [1.82, 2.24) is 0 Å². The van der Waals surface area contributed by atoms with E-state index >= 15 is 0 Å². The van der Waals surface area contributed by atoms with Gasteiger partial charge in [-0.2, -0.15) is 0 Å². The van der Waals surface area contributed by atoms with Gasteiger partial charge in [-0.15, -0.1) is 11.3 Å². The molecule has 116 valence electrons. The summed E-state index contributed by atoms with van der Waals surface area (Å²) in [4.78, 5) is 24.9. The highest BCUT2D eigenvalue weighted by Gasteiger charge is 2.10. The number of thiophene rings is 1. The molecule has 3 rings (SSSR count). The summed E-state index contributed by atoms with van der Waals surface area (Å²) in [6.07, 6.45) is 1.77. The summed E-state index contributed by atoms with van der Waals surface area (Å²) in [6, 6.07) is 14.1. The number of amides is 2. The van der Waals surface area contributed by atoms with Crippen LogP contribution in [0.2, 0.25) is 0 Å². The summed E-state index contributed by atoms with van der Waals surface area (Å²) in [5.74, 6) is -0.198. The number of carbonyl (C=O) groups is 2. The van der Waals surface area contributed by atoms with E-state index in [1.165, 1.54) is 6.26 Å². The molecule has 0 aliphatic rings. The van der Waals surface area contributed by atoms with E-state index in [1.54, 1.807) is 47.7 Å². The third-order valence-corrected chi connectivity index (χ3v) is 3.94. The number of hydrogen-bond acceptors (Lipinski definition) is 4. The van der Waals surface area contributed by atoms with Crippen molar-refractivity contribution >= 4 is 34.5 Å². The Balaban J connectivity index is 1.63. The van der Waals surface area contributed by atoms with Crippen molar-refractivity contribution < 1.29 is 14.0 Å². The molecule has 3 aromatic rings. The largest absolute Gasteiger partial charge is 0.459 e. The van der Waals surface area contributed by atoms with Gasteiger partial charge in [0.25, 0.3) is 5.91 Å². The van der Waals surface area contributed by atoms with Crippen LogP contribution in [0.25, 0.3) is 0 Å². The first-order chi connectivity index (χ1) is 11.2. The van der Waals surface area contributed by atoms with E-state index in [9.17, 15) is 9.59 Å². The maximum absolute atomic E-state index is 12.0. The Labute approximate surface area is 136 Å². The number of anilines is 2. The number of hydrogen-bond donors (Lipinski definition) is 2. The summed E-state index contributed by atoms with van der Waals surface area (Å²) in [7, 11) is 0. The molecular weight excluding hydrogens is 312 g/mol. The molecule has 2 amide bonds. The van der Waals surface area contributed by atoms with E-state index in [4.69, 9.17) is 4.42 Å². The van der Waals surface area contributed by atoms with Crippen LogP contribution >= 0.6 is 11.3 Å². The average Bonchev–Trinajstić information content (AvgIpc) is 3.20. The summed E-state index contributed by atoms with van der Waals surface area (Å²) >= 11 is 1.54. The Hall–Kier alpha value is -2.86. The van der Waals surface area contributed by atoms with Crippen molar-refractivity contribution in [3.8, 4) is 0 Å². The number of carbonyl (C=O) groups excluding carboxylic acids is 2. The monoisotopic (exact) mass is 326 g/mol. The number of benzene rings is 1. The van der Waals surface area contributed by atoms with E-state index in [0.29, 0.717) is 17.8 Å². The van der Waals surface area contributed by atoms with Gasteiger partial charge in [0.2, 0.25) is 5.91 Å². The lowest BCUT2D eigenvalue weighted by molar-refractivity contribution is -0.115. The van der Waals surface area contributed by atoms with Gasteiger partial charge in [-0.1, -0.05) is 12.1 Å². The molecule has 0 radical (unpaired) electrons. The van der Waals surface area contributed by atoms with Gasteiger partial charge in [0.15, 0.2) is 5.76 Å². The van der Waals surface area contributed by atoms with Gasteiger partial charge in [0, 0.05) is 16.3 Å². The molecular formula is C17H14N2O3S. The fourth-order valence-electron chi connectivity index (χ4n) is 2.05. The smallest absolute Gasteiger partial charge is 0.291 e. The Morgan fingerprint density at radius 3 is 2.52 bits per heavy atom. The molecule has 2 N–H and O–H groups in total. The quantitative estimate of drug-likeness (QED) is 0.749. The summed E-state index contributed by atoms with van der Waals surface area (Å²) in [6.45, 7) is 0. The molecule has 23 heavy (non-hydrogen) atoms. The van der Waals surface area contributed by atoms with E-state index in [1.807, 2.05) is 17.5 Å². The second kappa shape index (κ2) is 6.93. The topological polar surface area (TPSA) is 71.3 Å². The summed E-state index contributed by atoms with van der Waals surface area (Å²) < 4.78 is 5.04. The number of nitrogens with one attached hydrogen (secondary N) is 2. The molecule has 0 unspecified atom stereocenters. The predicted molar refractivity (Wildman–Crippen MR) is 89.8 cm³/mol. The Morgan fingerprint density at radius 2 is 1.83 bits per heavy atom. The summed E-state index contributed by atoms with van der Waals surface area (Å²) in [5, 5.41) is 7.48. The Kier molecular flexibility index (Phi) is 4.54. The molecule has 5 nitrogen and oxygen atoms in total. The number of rotatable bonds is 5. The van der Waals surface area contributed by atoms with Gasteiger partial charge in [-0.05, 0) is 41.8 Å². The highest BCUT2D eigenvalue weighted by molar-refractivity contribution is 7.10. The van der Waals surface area contributed by atoms with Gasteiger partial charge in [0.05, 0.1) is 12.7 Å². The van der Waals surface area contributed by atoms with Crippen LogP contribution in [0.3, 0.4) is 0 Å². The van der Waals surface area contributed by atoms with Crippen LogP contribution in [0.15, 0.2) is 64.6 Å². The maximum Gasteiger partial charge on any atom is 0.291 e. The van der Waals surface area contributed by atoms with Crippen molar-refractivity contribution in [1.29, 1.82) is 0 Å². The molecule has 0 bridgehead atoms. The molecule has 6 heteroatoms. The zero-order valence-electron chi connectivity index (χ0n) is 12.1. The van der Waals surface area contributed by atoms with Crippen LogP contribution in [0.4, 0.5) is 11.4 Å². The lowest BCUT2D eigenvalue weighted by atomic mass is 10.2. The average molecular weight is 326 g/mol. The summed E-state index contributed by atoms with van der Waals surface area (Å²) in [5.41, 5.74) is 1.21. The first-order valence-corrected chi connectivity index (χ1v) is 7.86. The van der Waals surface area contributed by atoms with E-state index in [0.717, 1.165) is 4.88 Å². The van der Waals surface area contributed by atoms with Crippen molar-refractivity contribution in [2.45, 2.75) is 6.42 Å². The van der Waals surface area contributed by atoms with Crippen LogP contribution in [0.5, 0.6) is 0 Å². The fraction of sp³-hybridized carbons (Fsp3) is 0.0588. The first kappa shape index (κ1) is 15.1. The molecule has 0 spiro atoms. The zero-order chi connectivity index (χ0) is 16.1. The molecule has 2 aromatic heterocycles. The maximum atomic E-state index is 12.0. The normalized spacial score (nSPS) is 10.3. The molecule has 0 saturated carbocycles. The lowest BCUT2D eigenvalue weighted by Gasteiger charge is -2.08. The van der Waals surface area contributed by atoms with E-state index in [2.05, 4.69) is 10.6 Å². The van der Waals surface area contributed by atoms with Crippen LogP contribution in [-0.4, -0.2) is 11.8 Å². The Morgan fingerprint density at radius 1 is 1.00 bits per heavy atom. The van der Waals surface area contributed by atoms with Crippen molar-refractivity contribution in [2.24, 2.45) is 0 Å². The molecule has 2 heterocycles.